The van der Waals surface area contributed by atoms with Gasteiger partial charge in [0.25, 0.3) is 5.91 Å². The van der Waals surface area contributed by atoms with E-state index in [-0.39, 0.29) is 24.7 Å². The first-order chi connectivity index (χ1) is 9.61. The van der Waals surface area contributed by atoms with Crippen LogP contribution >= 0.6 is 27.3 Å². The molecule has 0 spiro atoms. The molecule has 0 bridgehead atoms. The van der Waals surface area contributed by atoms with Crippen LogP contribution in [0, 0.1) is 0 Å². The lowest BCUT2D eigenvalue weighted by Crippen LogP contribution is -2.25. The van der Waals surface area contributed by atoms with Crippen LogP contribution in [0.25, 0.3) is 0 Å². The van der Waals surface area contributed by atoms with Crippen LogP contribution in [0.1, 0.15) is 15.4 Å². The zero-order valence-corrected chi connectivity index (χ0v) is 12.6. The molecule has 0 saturated carbocycles. The number of hydrogen-bond acceptors (Lipinski definition) is 5. The van der Waals surface area contributed by atoms with Crippen LogP contribution in [-0.4, -0.2) is 23.3 Å². The van der Waals surface area contributed by atoms with Crippen molar-refractivity contribution in [3.63, 3.8) is 0 Å². The molecule has 2 heterocycles. The lowest BCUT2D eigenvalue weighted by molar-refractivity contribution is -0.118. The molecule has 102 valence electrons. The number of nitrogens with zero attached hydrogens (tertiary/aromatic N) is 1. The van der Waals surface area contributed by atoms with E-state index in [4.69, 9.17) is 4.74 Å². The minimum absolute atomic E-state index is 0.00738. The van der Waals surface area contributed by atoms with Crippen molar-refractivity contribution in [2.75, 3.05) is 11.9 Å². The van der Waals surface area contributed by atoms with E-state index in [1.54, 1.807) is 18.2 Å². The molecule has 5 nitrogen and oxygen atoms in total. The number of nitrogens with one attached hydrogen (secondary N) is 1. The highest BCUT2D eigenvalue weighted by Gasteiger charge is 2.18. The third-order valence-corrected chi connectivity index (χ3v) is 4.33. The first-order valence-electron chi connectivity index (χ1n) is 5.81. The van der Waals surface area contributed by atoms with E-state index in [1.807, 2.05) is 5.38 Å². The average Bonchev–Trinajstić information content (AvgIpc) is 2.83. The molecule has 0 saturated heterocycles. The number of Topliss-reactive ketones (excluding diaryl/α,β-unsaturated/α-hetero) is 1. The van der Waals surface area contributed by atoms with Crippen LogP contribution in [0.15, 0.2) is 28.2 Å². The van der Waals surface area contributed by atoms with E-state index in [2.05, 4.69) is 26.2 Å². The van der Waals surface area contributed by atoms with E-state index in [9.17, 15) is 9.59 Å². The van der Waals surface area contributed by atoms with Crippen molar-refractivity contribution < 1.29 is 14.3 Å². The third-order valence-electron chi connectivity index (χ3n) is 2.77. The number of carbonyl (C=O) groups excluding carboxylic acids is 2. The number of benzene rings is 1. The fourth-order valence-corrected chi connectivity index (χ4v) is 3.13. The van der Waals surface area contributed by atoms with Crippen LogP contribution in [-0.2, 0) is 11.2 Å². The molecule has 0 atom stereocenters. The second-order valence-electron chi connectivity index (χ2n) is 4.21. The minimum atomic E-state index is -0.217. The van der Waals surface area contributed by atoms with Gasteiger partial charge in [-0.25, -0.2) is 4.98 Å². The summed E-state index contributed by atoms with van der Waals surface area (Å²) in [5.41, 5.74) is 1.06. The zero-order chi connectivity index (χ0) is 14.1. The number of ketones is 1. The second-order valence-corrected chi connectivity index (χ2v) is 5.97. The number of rotatable bonds is 3. The SMILES string of the molecule is O=C1COc2ccc(C(=O)Cc3nc(Br)cs3)cc2N1. The Morgan fingerprint density at radius 2 is 2.35 bits per heavy atom. The number of carbonyl (C=O) groups is 2. The Hall–Kier alpha value is -1.73. The molecule has 20 heavy (non-hydrogen) atoms. The number of ether oxygens (including phenoxy) is 1. The van der Waals surface area contributed by atoms with E-state index in [0.717, 1.165) is 9.61 Å². The van der Waals surface area contributed by atoms with Gasteiger partial charge in [-0.3, -0.25) is 9.59 Å². The molecule has 0 unspecified atom stereocenters. The smallest absolute Gasteiger partial charge is 0.262 e. The van der Waals surface area contributed by atoms with E-state index >= 15 is 0 Å². The fraction of sp³-hybridized carbons (Fsp3) is 0.154. The predicted molar refractivity (Wildman–Crippen MR) is 78.4 cm³/mol. The number of thiazole rings is 1. The normalized spacial score (nSPS) is 13.3. The van der Waals surface area contributed by atoms with Crippen LogP contribution in [0.5, 0.6) is 5.75 Å². The van der Waals surface area contributed by atoms with Gasteiger partial charge < -0.3 is 10.1 Å². The summed E-state index contributed by atoms with van der Waals surface area (Å²) in [5.74, 6) is 0.318. The van der Waals surface area contributed by atoms with Crippen molar-refractivity contribution in [1.29, 1.82) is 0 Å². The van der Waals surface area contributed by atoms with E-state index in [1.165, 1.54) is 11.3 Å². The summed E-state index contributed by atoms with van der Waals surface area (Å²) < 4.78 is 5.99. The van der Waals surface area contributed by atoms with Gasteiger partial charge in [-0.15, -0.1) is 11.3 Å². The molecule has 1 N–H and O–H groups in total. The Morgan fingerprint density at radius 1 is 1.50 bits per heavy atom. The van der Waals surface area contributed by atoms with Crippen LogP contribution < -0.4 is 10.1 Å². The van der Waals surface area contributed by atoms with Crippen molar-refractivity contribution in [2.24, 2.45) is 0 Å². The highest BCUT2D eigenvalue weighted by Crippen LogP contribution is 2.29. The number of fused-ring (bicyclic) bond motifs is 1. The maximum atomic E-state index is 12.2. The molecule has 2 aromatic rings. The molecule has 1 aliphatic heterocycles. The van der Waals surface area contributed by atoms with Gasteiger partial charge in [0.15, 0.2) is 12.4 Å². The standard InChI is InChI=1S/C13H9BrN2O3S/c14-11-6-20-13(16-11)4-9(17)7-1-2-10-8(3-7)15-12(18)5-19-10/h1-3,6H,4-5H2,(H,15,18). The third kappa shape index (κ3) is 2.73. The molecule has 3 rings (SSSR count). The highest BCUT2D eigenvalue weighted by atomic mass is 79.9. The largest absolute Gasteiger partial charge is 0.482 e. The maximum Gasteiger partial charge on any atom is 0.262 e. The van der Waals surface area contributed by atoms with Gasteiger partial charge in [0, 0.05) is 10.9 Å². The first kappa shape index (κ1) is 13.3. The molecular weight excluding hydrogens is 344 g/mol. The number of anilines is 1. The summed E-state index contributed by atoms with van der Waals surface area (Å²) in [4.78, 5) is 27.7. The monoisotopic (exact) mass is 352 g/mol. The Kier molecular flexibility index (Phi) is 3.54. The molecule has 1 aliphatic rings. The summed E-state index contributed by atoms with van der Waals surface area (Å²) in [7, 11) is 0. The molecule has 1 aromatic carbocycles. The summed E-state index contributed by atoms with van der Waals surface area (Å²) in [6.45, 7) is 0.00738. The summed E-state index contributed by atoms with van der Waals surface area (Å²) in [6, 6.07) is 5.03. The number of amides is 1. The Labute approximate surface area is 127 Å². The van der Waals surface area contributed by atoms with Gasteiger partial charge in [-0.05, 0) is 34.1 Å². The van der Waals surface area contributed by atoms with Crippen molar-refractivity contribution in [3.8, 4) is 5.75 Å². The predicted octanol–water partition coefficient (Wildman–Crippen LogP) is 2.66. The summed E-state index contributed by atoms with van der Waals surface area (Å²) >= 11 is 4.69. The topological polar surface area (TPSA) is 68.3 Å². The summed E-state index contributed by atoms with van der Waals surface area (Å²) in [6.07, 6.45) is 0.240. The van der Waals surface area contributed by atoms with Crippen LogP contribution in [0.2, 0.25) is 0 Å². The second kappa shape index (κ2) is 5.34. The number of hydrogen-bond donors (Lipinski definition) is 1. The highest BCUT2D eigenvalue weighted by molar-refractivity contribution is 9.10. The fourth-order valence-electron chi connectivity index (χ4n) is 1.87. The van der Waals surface area contributed by atoms with E-state index in [0.29, 0.717) is 17.0 Å². The Balaban J connectivity index is 1.81. The molecule has 1 amide bonds. The average molecular weight is 353 g/mol. The molecule has 0 aliphatic carbocycles. The van der Waals surface area contributed by atoms with E-state index < -0.39 is 0 Å². The van der Waals surface area contributed by atoms with Gasteiger partial charge in [-0.2, -0.15) is 0 Å². The van der Waals surface area contributed by atoms with Gasteiger partial charge in [-0.1, -0.05) is 0 Å². The minimum Gasteiger partial charge on any atom is -0.482 e. The molecule has 0 fully saturated rings. The molecule has 0 radical (unpaired) electrons. The van der Waals surface area contributed by atoms with Crippen LogP contribution in [0.4, 0.5) is 5.69 Å². The quantitative estimate of drug-likeness (QED) is 0.862. The van der Waals surface area contributed by atoms with Gasteiger partial charge in [0.1, 0.15) is 15.4 Å². The van der Waals surface area contributed by atoms with Gasteiger partial charge in [0.05, 0.1) is 12.1 Å². The van der Waals surface area contributed by atoms with Crippen molar-refractivity contribution in [3.05, 3.63) is 38.8 Å². The van der Waals surface area contributed by atoms with Crippen LogP contribution in [0.3, 0.4) is 0 Å². The maximum absolute atomic E-state index is 12.2. The lowest BCUT2D eigenvalue weighted by Gasteiger charge is -2.18. The lowest BCUT2D eigenvalue weighted by atomic mass is 10.1. The molecule has 1 aromatic heterocycles. The van der Waals surface area contributed by atoms with Crippen molar-refractivity contribution >= 4 is 44.6 Å². The van der Waals surface area contributed by atoms with Crippen molar-refractivity contribution in [1.82, 2.24) is 4.98 Å². The molecular formula is C13H9BrN2O3S. The van der Waals surface area contributed by atoms with Gasteiger partial charge >= 0.3 is 0 Å². The number of aromatic nitrogens is 1. The first-order valence-corrected chi connectivity index (χ1v) is 7.49. The Bertz CT molecular complexity index is 699. The summed E-state index contributed by atoms with van der Waals surface area (Å²) in [5, 5.41) is 5.27. The van der Waals surface area contributed by atoms with Gasteiger partial charge in [0.2, 0.25) is 0 Å². The zero-order valence-electron chi connectivity index (χ0n) is 10.2. The number of halogens is 1. The van der Waals surface area contributed by atoms with Crippen molar-refractivity contribution in [2.45, 2.75) is 6.42 Å². The molecule has 7 heteroatoms. The Morgan fingerprint density at radius 3 is 3.10 bits per heavy atom.